The Morgan fingerprint density at radius 2 is 2.05 bits per heavy atom. The summed E-state index contributed by atoms with van der Waals surface area (Å²) in [5, 5.41) is 18.8. The van der Waals surface area contributed by atoms with Crippen LogP contribution in [0, 0.1) is 6.92 Å². The van der Waals surface area contributed by atoms with E-state index < -0.39 is 12.2 Å². The number of thioether (sulfide) groups is 1. The van der Waals surface area contributed by atoms with E-state index in [1.54, 1.807) is 11.8 Å². The third-order valence-electron chi connectivity index (χ3n) is 3.19. The monoisotopic (exact) mass is 281 g/mol. The average Bonchev–Trinajstić information content (AvgIpc) is 2.70. The van der Waals surface area contributed by atoms with E-state index in [9.17, 15) is 15.0 Å². The third kappa shape index (κ3) is 3.96. The quantitative estimate of drug-likeness (QED) is 0.857. The van der Waals surface area contributed by atoms with Crippen LogP contribution in [0.3, 0.4) is 0 Å². The molecule has 1 aromatic carbocycles. The Kier molecular flexibility index (Phi) is 4.85. The lowest BCUT2D eigenvalue weighted by molar-refractivity contribution is -0.127. The molecule has 5 heteroatoms. The number of aryl methyl sites for hydroxylation is 1. The molecule has 1 aliphatic rings. The Morgan fingerprint density at radius 3 is 2.68 bits per heavy atom. The molecule has 0 aromatic heterocycles. The summed E-state index contributed by atoms with van der Waals surface area (Å²) in [6.45, 7) is 2.53. The number of aliphatic hydroxyl groups excluding tert-OH is 2. The Morgan fingerprint density at radius 1 is 1.37 bits per heavy atom. The molecule has 1 aliphatic heterocycles. The molecule has 1 aromatic rings. The van der Waals surface area contributed by atoms with Crippen LogP contribution < -0.4 is 0 Å². The van der Waals surface area contributed by atoms with Crippen LogP contribution in [0.25, 0.3) is 0 Å². The number of aliphatic hydroxyl groups is 2. The summed E-state index contributed by atoms with van der Waals surface area (Å²) < 4.78 is 0. The minimum atomic E-state index is -0.800. The maximum Gasteiger partial charge on any atom is 0.232 e. The highest BCUT2D eigenvalue weighted by Gasteiger charge is 2.32. The summed E-state index contributed by atoms with van der Waals surface area (Å²) in [6, 6.07) is 8.22. The molecular weight excluding hydrogens is 262 g/mol. The fourth-order valence-corrected chi connectivity index (χ4v) is 3.00. The number of β-amino-alcohol motifs (C(OH)–C–C–N with tert-alkyl or cyclic N) is 2. The van der Waals surface area contributed by atoms with Crippen molar-refractivity contribution in [3.8, 4) is 0 Å². The first-order chi connectivity index (χ1) is 9.06. The average molecular weight is 281 g/mol. The second kappa shape index (κ2) is 6.41. The molecule has 0 aliphatic carbocycles. The van der Waals surface area contributed by atoms with E-state index in [4.69, 9.17) is 0 Å². The van der Waals surface area contributed by atoms with Crippen molar-refractivity contribution in [2.45, 2.75) is 24.9 Å². The molecule has 1 amide bonds. The predicted molar refractivity (Wildman–Crippen MR) is 75.9 cm³/mol. The Balaban J connectivity index is 1.75. The number of hydrogen-bond donors (Lipinski definition) is 2. The van der Waals surface area contributed by atoms with E-state index in [2.05, 4.69) is 6.07 Å². The third-order valence-corrected chi connectivity index (χ3v) is 4.18. The number of rotatable bonds is 4. The zero-order valence-corrected chi connectivity index (χ0v) is 11.8. The van der Waals surface area contributed by atoms with E-state index in [1.165, 1.54) is 16.0 Å². The van der Waals surface area contributed by atoms with Gasteiger partial charge in [-0.15, -0.1) is 11.8 Å². The van der Waals surface area contributed by atoms with E-state index in [-0.39, 0.29) is 19.0 Å². The zero-order chi connectivity index (χ0) is 13.8. The lowest BCUT2D eigenvalue weighted by Gasteiger charge is -2.14. The van der Waals surface area contributed by atoms with Gasteiger partial charge in [-0.1, -0.05) is 29.8 Å². The lowest BCUT2D eigenvalue weighted by atomic mass is 10.2. The van der Waals surface area contributed by atoms with Crippen LogP contribution in [0.5, 0.6) is 0 Å². The summed E-state index contributed by atoms with van der Waals surface area (Å²) >= 11 is 1.56. The Bertz CT molecular complexity index is 442. The van der Waals surface area contributed by atoms with Gasteiger partial charge in [-0.05, 0) is 12.5 Å². The van der Waals surface area contributed by atoms with Gasteiger partial charge in [-0.25, -0.2) is 0 Å². The van der Waals surface area contributed by atoms with Crippen LogP contribution in [-0.4, -0.2) is 52.1 Å². The zero-order valence-electron chi connectivity index (χ0n) is 11.0. The number of amides is 1. The molecule has 2 atom stereocenters. The van der Waals surface area contributed by atoms with Crippen molar-refractivity contribution in [3.63, 3.8) is 0 Å². The highest BCUT2D eigenvalue weighted by Crippen LogP contribution is 2.16. The van der Waals surface area contributed by atoms with Gasteiger partial charge < -0.3 is 15.1 Å². The van der Waals surface area contributed by atoms with E-state index in [0.717, 1.165) is 5.75 Å². The molecule has 2 N–H and O–H groups in total. The van der Waals surface area contributed by atoms with Crippen molar-refractivity contribution in [1.82, 2.24) is 4.90 Å². The number of carbonyl (C=O) groups is 1. The van der Waals surface area contributed by atoms with Gasteiger partial charge in [-0.2, -0.15) is 0 Å². The highest BCUT2D eigenvalue weighted by atomic mass is 32.2. The second-order valence-corrected chi connectivity index (χ2v) is 5.90. The van der Waals surface area contributed by atoms with Crippen molar-refractivity contribution in [1.29, 1.82) is 0 Å². The van der Waals surface area contributed by atoms with Gasteiger partial charge in [0.1, 0.15) is 0 Å². The Hall–Kier alpha value is -1.04. The molecule has 0 spiro atoms. The van der Waals surface area contributed by atoms with Gasteiger partial charge in [-0.3, -0.25) is 4.79 Å². The Labute approximate surface area is 117 Å². The summed E-state index contributed by atoms with van der Waals surface area (Å²) in [5.74, 6) is 1.16. The molecule has 4 nitrogen and oxygen atoms in total. The highest BCUT2D eigenvalue weighted by molar-refractivity contribution is 7.99. The number of hydrogen-bond acceptors (Lipinski definition) is 4. The maximum absolute atomic E-state index is 11.9. The molecule has 0 bridgehead atoms. The summed E-state index contributed by atoms with van der Waals surface area (Å²) in [4.78, 5) is 13.4. The van der Waals surface area contributed by atoms with Crippen molar-refractivity contribution in [2.75, 3.05) is 18.8 Å². The smallest absolute Gasteiger partial charge is 0.232 e. The molecule has 0 saturated carbocycles. The molecule has 2 rings (SSSR count). The predicted octanol–water partition coefficient (Wildman–Crippen LogP) is 0.792. The number of nitrogens with zero attached hydrogens (tertiary/aromatic N) is 1. The molecule has 2 unspecified atom stereocenters. The summed E-state index contributed by atoms with van der Waals surface area (Å²) in [5.41, 5.74) is 2.43. The molecule has 1 heterocycles. The standard InChI is InChI=1S/C14H19NO3S/c1-10-3-2-4-11(5-10)8-19-9-14(18)15-6-12(16)13(17)7-15/h2-5,12-13,16-17H,6-9H2,1H3. The topological polar surface area (TPSA) is 60.8 Å². The van der Waals surface area contributed by atoms with Crippen LogP contribution in [0.15, 0.2) is 24.3 Å². The molecular formula is C14H19NO3S. The van der Waals surface area contributed by atoms with Crippen LogP contribution in [0.1, 0.15) is 11.1 Å². The normalized spacial score (nSPS) is 22.8. The fraction of sp³-hybridized carbons (Fsp3) is 0.500. The summed E-state index contributed by atoms with van der Waals surface area (Å²) in [6.07, 6.45) is -1.60. The van der Waals surface area contributed by atoms with Crippen LogP contribution in [-0.2, 0) is 10.5 Å². The van der Waals surface area contributed by atoms with Crippen molar-refractivity contribution < 1.29 is 15.0 Å². The van der Waals surface area contributed by atoms with Gasteiger partial charge in [0.25, 0.3) is 0 Å². The van der Waals surface area contributed by atoms with Crippen molar-refractivity contribution in [2.24, 2.45) is 0 Å². The van der Waals surface area contributed by atoms with Gasteiger partial charge in [0.05, 0.1) is 18.0 Å². The number of carbonyl (C=O) groups excluding carboxylic acids is 1. The largest absolute Gasteiger partial charge is 0.388 e. The lowest BCUT2D eigenvalue weighted by Crippen LogP contribution is -2.31. The molecule has 1 fully saturated rings. The van der Waals surface area contributed by atoms with E-state index in [0.29, 0.717) is 5.75 Å². The van der Waals surface area contributed by atoms with Crippen molar-refractivity contribution >= 4 is 17.7 Å². The summed E-state index contributed by atoms with van der Waals surface area (Å²) in [7, 11) is 0. The second-order valence-electron chi connectivity index (χ2n) is 4.92. The van der Waals surface area contributed by atoms with Crippen molar-refractivity contribution in [3.05, 3.63) is 35.4 Å². The minimum Gasteiger partial charge on any atom is -0.388 e. The molecule has 1 saturated heterocycles. The van der Waals surface area contributed by atoms with Crippen LogP contribution in [0.4, 0.5) is 0 Å². The van der Waals surface area contributed by atoms with Gasteiger partial charge in [0.15, 0.2) is 0 Å². The minimum absolute atomic E-state index is 0.0201. The van der Waals surface area contributed by atoms with Gasteiger partial charge >= 0.3 is 0 Å². The molecule has 19 heavy (non-hydrogen) atoms. The van der Waals surface area contributed by atoms with E-state index >= 15 is 0 Å². The molecule has 104 valence electrons. The number of benzene rings is 1. The number of likely N-dealkylation sites (tertiary alicyclic amines) is 1. The van der Waals surface area contributed by atoms with Gasteiger partial charge in [0.2, 0.25) is 5.91 Å². The van der Waals surface area contributed by atoms with Crippen LogP contribution >= 0.6 is 11.8 Å². The SMILES string of the molecule is Cc1cccc(CSCC(=O)N2CC(O)C(O)C2)c1. The van der Waals surface area contributed by atoms with Gasteiger partial charge in [0, 0.05) is 18.8 Å². The first-order valence-electron chi connectivity index (χ1n) is 6.33. The first-order valence-corrected chi connectivity index (χ1v) is 7.49. The van der Waals surface area contributed by atoms with Crippen LogP contribution in [0.2, 0.25) is 0 Å². The maximum atomic E-state index is 11.9. The fourth-order valence-electron chi connectivity index (χ4n) is 2.12. The van der Waals surface area contributed by atoms with E-state index in [1.807, 2.05) is 25.1 Å². The molecule has 0 radical (unpaired) electrons. The first kappa shape index (κ1) is 14.4.